The Hall–Kier alpha value is -3.34. The van der Waals surface area contributed by atoms with Gasteiger partial charge >= 0.3 is 5.97 Å². The van der Waals surface area contributed by atoms with Gasteiger partial charge in [-0.3, -0.25) is 4.68 Å². The lowest BCUT2D eigenvalue weighted by Crippen LogP contribution is -2.17. The summed E-state index contributed by atoms with van der Waals surface area (Å²) in [5.74, 6) is -0.937. The highest BCUT2D eigenvalue weighted by Gasteiger charge is 2.17. The zero-order valence-electron chi connectivity index (χ0n) is 21.3. The van der Waals surface area contributed by atoms with E-state index in [-0.39, 0.29) is 6.61 Å². The number of rotatable bonds is 12. The van der Waals surface area contributed by atoms with Crippen LogP contribution in [0.15, 0.2) is 36.4 Å². The Bertz CT molecular complexity index is 1260. The molecule has 1 heterocycles. The van der Waals surface area contributed by atoms with E-state index in [9.17, 15) is 4.79 Å². The van der Waals surface area contributed by atoms with E-state index >= 15 is 0 Å². The molecule has 36 heavy (non-hydrogen) atoms. The van der Waals surface area contributed by atoms with Crippen LogP contribution in [0.25, 0.3) is 16.0 Å². The molecule has 0 amide bonds. The first kappa shape index (κ1) is 27.3. The molecule has 2 aromatic carbocycles. The molecule has 0 bridgehead atoms. The molecule has 0 atom stereocenters. The summed E-state index contributed by atoms with van der Waals surface area (Å²) in [5, 5.41) is 13.9. The van der Waals surface area contributed by atoms with Gasteiger partial charge in [-0.1, -0.05) is 29.8 Å². The van der Waals surface area contributed by atoms with Gasteiger partial charge < -0.3 is 14.7 Å². The molecule has 0 fully saturated rings. The van der Waals surface area contributed by atoms with Crippen LogP contribution in [0.2, 0.25) is 5.02 Å². The van der Waals surface area contributed by atoms with Crippen LogP contribution >= 0.6 is 11.6 Å². The summed E-state index contributed by atoms with van der Waals surface area (Å²) in [6.07, 6.45) is 2.72. The minimum atomic E-state index is -0.937. The van der Waals surface area contributed by atoms with Gasteiger partial charge in [0.1, 0.15) is 6.61 Å². The SMILES string of the molecule is [C-]#[N+]c1ccc(N(CC)c2cc(-c3c(C)nn(CCCCCOCC(=O)O)c3C)ccc2C)cc1Cl. The first-order valence-corrected chi connectivity index (χ1v) is 12.5. The third kappa shape index (κ3) is 6.45. The highest BCUT2D eigenvalue weighted by Crippen LogP contribution is 2.37. The van der Waals surface area contributed by atoms with Crippen LogP contribution in [-0.4, -0.2) is 40.6 Å². The van der Waals surface area contributed by atoms with Gasteiger partial charge in [0.15, 0.2) is 0 Å². The lowest BCUT2D eigenvalue weighted by Gasteiger charge is -2.26. The number of carbonyl (C=O) groups is 1. The second kappa shape index (κ2) is 12.6. The van der Waals surface area contributed by atoms with Gasteiger partial charge in [0.05, 0.1) is 12.3 Å². The molecule has 0 saturated carbocycles. The predicted molar refractivity (Wildman–Crippen MR) is 145 cm³/mol. The van der Waals surface area contributed by atoms with Crippen molar-refractivity contribution < 1.29 is 14.6 Å². The van der Waals surface area contributed by atoms with Crippen molar-refractivity contribution >= 4 is 34.6 Å². The number of anilines is 2. The van der Waals surface area contributed by atoms with Crippen molar-refractivity contribution in [2.45, 2.75) is 53.5 Å². The van der Waals surface area contributed by atoms with Crippen LogP contribution in [-0.2, 0) is 16.1 Å². The molecular weight excluding hydrogens is 476 g/mol. The normalized spacial score (nSPS) is 10.9. The molecule has 0 radical (unpaired) electrons. The molecule has 0 unspecified atom stereocenters. The summed E-state index contributed by atoms with van der Waals surface area (Å²) in [4.78, 5) is 16.2. The number of unbranched alkanes of at least 4 members (excludes halogenated alkanes) is 2. The van der Waals surface area contributed by atoms with E-state index in [1.165, 1.54) is 0 Å². The lowest BCUT2D eigenvalue weighted by atomic mass is 10.00. The number of hydrogen-bond donors (Lipinski definition) is 1. The second-order valence-corrected chi connectivity index (χ2v) is 9.18. The summed E-state index contributed by atoms with van der Waals surface area (Å²) in [6, 6.07) is 12.0. The third-order valence-electron chi connectivity index (χ3n) is 6.23. The lowest BCUT2D eigenvalue weighted by molar-refractivity contribution is -0.142. The first-order valence-electron chi connectivity index (χ1n) is 12.2. The molecule has 0 saturated heterocycles. The van der Waals surface area contributed by atoms with Crippen LogP contribution in [0.3, 0.4) is 0 Å². The number of halogens is 1. The Morgan fingerprint density at radius 2 is 1.94 bits per heavy atom. The maximum absolute atomic E-state index is 10.5. The van der Waals surface area contributed by atoms with Crippen molar-refractivity contribution in [3.63, 3.8) is 0 Å². The molecule has 0 aliphatic heterocycles. The summed E-state index contributed by atoms with van der Waals surface area (Å²) in [7, 11) is 0. The highest BCUT2D eigenvalue weighted by atomic mass is 35.5. The monoisotopic (exact) mass is 508 g/mol. The Morgan fingerprint density at radius 3 is 2.61 bits per heavy atom. The molecule has 8 heteroatoms. The molecule has 3 aromatic rings. The van der Waals surface area contributed by atoms with Gasteiger partial charge in [0.25, 0.3) is 0 Å². The Labute approximate surface area is 218 Å². The fourth-order valence-electron chi connectivity index (χ4n) is 4.44. The van der Waals surface area contributed by atoms with Gasteiger partial charge in [-0.2, -0.15) is 5.10 Å². The van der Waals surface area contributed by atoms with E-state index in [0.717, 1.165) is 71.8 Å². The van der Waals surface area contributed by atoms with E-state index in [1.54, 1.807) is 6.07 Å². The largest absolute Gasteiger partial charge is 0.480 e. The predicted octanol–water partition coefficient (Wildman–Crippen LogP) is 7.11. The standard InChI is InChI=1S/C28H33ClN4O3/c1-6-32(23-12-13-25(30-5)24(29)17-23)26-16-22(11-10-19(26)2)28-20(3)31-33(21(28)4)14-8-7-9-15-36-18-27(34)35/h10-13,16-17H,6-9,14-15,18H2,1-4H3,(H,34,35). The number of benzene rings is 2. The molecule has 190 valence electrons. The van der Waals surface area contributed by atoms with Crippen molar-refractivity contribution in [2.75, 3.05) is 24.7 Å². The summed E-state index contributed by atoms with van der Waals surface area (Å²) in [6.45, 7) is 17.4. The van der Waals surface area contributed by atoms with Crippen molar-refractivity contribution in [3.05, 3.63) is 69.8 Å². The van der Waals surface area contributed by atoms with E-state index in [4.69, 9.17) is 33.1 Å². The van der Waals surface area contributed by atoms with Crippen LogP contribution in [0, 0.1) is 27.3 Å². The van der Waals surface area contributed by atoms with Gasteiger partial charge in [0, 0.05) is 47.4 Å². The Morgan fingerprint density at radius 1 is 1.17 bits per heavy atom. The fourth-order valence-corrected chi connectivity index (χ4v) is 4.65. The minimum Gasteiger partial charge on any atom is -0.480 e. The van der Waals surface area contributed by atoms with Gasteiger partial charge in [-0.05, 0) is 76.3 Å². The third-order valence-corrected chi connectivity index (χ3v) is 6.54. The van der Waals surface area contributed by atoms with Crippen LogP contribution in [0.5, 0.6) is 0 Å². The number of aryl methyl sites for hydroxylation is 3. The summed E-state index contributed by atoms with van der Waals surface area (Å²) >= 11 is 6.34. The van der Waals surface area contributed by atoms with E-state index in [1.807, 2.05) is 19.1 Å². The van der Waals surface area contributed by atoms with Crippen LogP contribution in [0.4, 0.5) is 17.1 Å². The Kier molecular flexibility index (Phi) is 9.51. The van der Waals surface area contributed by atoms with Gasteiger partial charge in [-0.15, -0.1) is 0 Å². The number of nitrogens with zero attached hydrogens (tertiary/aromatic N) is 4. The maximum Gasteiger partial charge on any atom is 0.329 e. The van der Waals surface area contributed by atoms with Crippen LogP contribution < -0.4 is 4.90 Å². The van der Waals surface area contributed by atoms with Crippen molar-refractivity contribution in [1.82, 2.24) is 9.78 Å². The van der Waals surface area contributed by atoms with Gasteiger partial charge in [-0.25, -0.2) is 9.64 Å². The summed E-state index contributed by atoms with van der Waals surface area (Å²) < 4.78 is 7.16. The highest BCUT2D eigenvalue weighted by molar-refractivity contribution is 6.33. The molecule has 3 rings (SSSR count). The van der Waals surface area contributed by atoms with Crippen molar-refractivity contribution in [2.24, 2.45) is 0 Å². The molecule has 0 aliphatic carbocycles. The molecule has 1 aromatic heterocycles. The number of aliphatic carboxylic acids is 1. The minimum absolute atomic E-state index is 0.242. The maximum atomic E-state index is 10.5. The number of aromatic nitrogens is 2. The first-order chi connectivity index (χ1) is 17.3. The van der Waals surface area contributed by atoms with Crippen molar-refractivity contribution in [3.8, 4) is 11.1 Å². The number of carboxylic acid groups (broad SMARTS) is 1. The summed E-state index contributed by atoms with van der Waals surface area (Å²) in [5.41, 5.74) is 8.00. The quantitative estimate of drug-likeness (QED) is 0.208. The van der Waals surface area contributed by atoms with E-state index < -0.39 is 5.97 Å². The number of ether oxygens (including phenoxy) is 1. The number of carboxylic acids is 1. The molecule has 1 N–H and O–H groups in total. The average Bonchev–Trinajstić information content (AvgIpc) is 3.13. The second-order valence-electron chi connectivity index (χ2n) is 8.77. The average molecular weight is 509 g/mol. The molecular formula is C28H33ClN4O3. The van der Waals surface area contributed by atoms with Crippen LogP contribution in [0.1, 0.15) is 43.1 Å². The fraction of sp³-hybridized carbons (Fsp3) is 0.393. The van der Waals surface area contributed by atoms with Gasteiger partial charge in [0.2, 0.25) is 5.69 Å². The molecule has 0 spiro atoms. The number of hydrogen-bond acceptors (Lipinski definition) is 4. The molecule has 7 nitrogen and oxygen atoms in total. The van der Waals surface area contributed by atoms with Crippen molar-refractivity contribution in [1.29, 1.82) is 0 Å². The van der Waals surface area contributed by atoms with E-state index in [0.29, 0.717) is 17.3 Å². The zero-order valence-corrected chi connectivity index (χ0v) is 22.1. The Balaban J connectivity index is 1.79. The molecule has 0 aliphatic rings. The zero-order chi connectivity index (χ0) is 26.2. The van der Waals surface area contributed by atoms with E-state index in [2.05, 4.69) is 53.4 Å². The topological polar surface area (TPSA) is 72.0 Å². The smallest absolute Gasteiger partial charge is 0.329 e.